The second-order valence-corrected chi connectivity index (χ2v) is 7.01. The zero-order chi connectivity index (χ0) is 18.7. The van der Waals surface area contributed by atoms with E-state index in [0.717, 1.165) is 12.0 Å². The van der Waals surface area contributed by atoms with Gasteiger partial charge in [0.25, 0.3) is 0 Å². The van der Waals surface area contributed by atoms with Gasteiger partial charge in [-0.2, -0.15) is 0 Å². The van der Waals surface area contributed by atoms with E-state index in [1.807, 2.05) is 30.3 Å². The maximum atomic E-state index is 12.9. The molecule has 0 aliphatic carbocycles. The van der Waals surface area contributed by atoms with Gasteiger partial charge in [-0.25, -0.2) is 4.79 Å². The first-order valence-electron chi connectivity index (χ1n) is 9.12. The van der Waals surface area contributed by atoms with Crippen LogP contribution in [0.2, 0.25) is 0 Å². The number of carboxylic acids is 1. The summed E-state index contributed by atoms with van der Waals surface area (Å²) in [6.45, 7) is 0.924. The fourth-order valence-corrected chi connectivity index (χ4v) is 3.93. The molecule has 0 aromatic heterocycles. The summed E-state index contributed by atoms with van der Waals surface area (Å²) in [7, 11) is 0. The average Bonchev–Trinajstić information content (AvgIpc) is 3.30. The van der Waals surface area contributed by atoms with E-state index in [-0.39, 0.29) is 11.8 Å². The van der Waals surface area contributed by atoms with Crippen LogP contribution < -0.4 is 5.73 Å². The van der Waals surface area contributed by atoms with Crippen LogP contribution in [-0.4, -0.2) is 63.9 Å². The van der Waals surface area contributed by atoms with Crippen LogP contribution in [0.15, 0.2) is 30.3 Å². The van der Waals surface area contributed by atoms with Gasteiger partial charge in [0.05, 0.1) is 6.04 Å². The number of rotatable bonds is 5. The van der Waals surface area contributed by atoms with E-state index >= 15 is 0 Å². The maximum absolute atomic E-state index is 12.9. The van der Waals surface area contributed by atoms with Crippen molar-refractivity contribution < 1.29 is 19.5 Å². The van der Waals surface area contributed by atoms with E-state index in [1.54, 1.807) is 4.90 Å². The first-order valence-corrected chi connectivity index (χ1v) is 9.12. The van der Waals surface area contributed by atoms with E-state index < -0.39 is 24.1 Å². The van der Waals surface area contributed by atoms with Crippen LogP contribution in [0.25, 0.3) is 0 Å². The summed E-state index contributed by atoms with van der Waals surface area (Å²) in [5, 5.41) is 9.31. The third-order valence-corrected chi connectivity index (χ3v) is 5.26. The smallest absolute Gasteiger partial charge is 0.326 e. The van der Waals surface area contributed by atoms with Crippen LogP contribution in [0, 0.1) is 0 Å². The highest BCUT2D eigenvalue weighted by atomic mass is 16.4. The number of benzene rings is 1. The first kappa shape index (κ1) is 18.4. The van der Waals surface area contributed by atoms with Gasteiger partial charge in [0, 0.05) is 13.1 Å². The van der Waals surface area contributed by atoms with Crippen molar-refractivity contribution in [1.82, 2.24) is 9.80 Å². The Hall–Kier alpha value is -2.41. The molecule has 26 heavy (non-hydrogen) atoms. The summed E-state index contributed by atoms with van der Waals surface area (Å²) in [5.74, 6) is -1.48. The number of nitrogens with zero attached hydrogens (tertiary/aromatic N) is 2. The van der Waals surface area contributed by atoms with Crippen LogP contribution >= 0.6 is 0 Å². The molecule has 0 saturated carbocycles. The first-order chi connectivity index (χ1) is 12.5. The fourth-order valence-electron chi connectivity index (χ4n) is 3.93. The van der Waals surface area contributed by atoms with Crippen molar-refractivity contribution in [3.8, 4) is 0 Å². The molecule has 1 aromatic carbocycles. The highest BCUT2D eigenvalue weighted by Gasteiger charge is 2.42. The largest absolute Gasteiger partial charge is 0.480 e. The molecule has 2 heterocycles. The third-order valence-electron chi connectivity index (χ3n) is 5.26. The number of hydrogen-bond acceptors (Lipinski definition) is 4. The predicted octanol–water partition coefficient (Wildman–Crippen LogP) is 0.623. The second kappa shape index (κ2) is 7.86. The lowest BCUT2D eigenvalue weighted by atomic mass is 10.0. The normalized spacial score (nSPS) is 23.9. The van der Waals surface area contributed by atoms with Crippen molar-refractivity contribution in [2.24, 2.45) is 5.73 Å². The summed E-state index contributed by atoms with van der Waals surface area (Å²) >= 11 is 0. The van der Waals surface area contributed by atoms with Crippen LogP contribution in [0.1, 0.15) is 31.2 Å². The summed E-state index contributed by atoms with van der Waals surface area (Å²) in [5.41, 5.74) is 7.08. The molecule has 2 aliphatic rings. The van der Waals surface area contributed by atoms with Gasteiger partial charge in [-0.1, -0.05) is 30.3 Å². The maximum Gasteiger partial charge on any atom is 0.326 e. The summed E-state index contributed by atoms with van der Waals surface area (Å²) in [6.07, 6.45) is 2.85. The van der Waals surface area contributed by atoms with Gasteiger partial charge >= 0.3 is 5.97 Å². The summed E-state index contributed by atoms with van der Waals surface area (Å²) in [4.78, 5) is 40.0. The summed E-state index contributed by atoms with van der Waals surface area (Å²) < 4.78 is 0. The number of nitrogens with two attached hydrogens (primary N) is 1. The SMILES string of the molecule is N[C@@H](Cc1ccccc1)C(=O)N1CCC[C@H]1C(=O)N1CCC[C@@H]1C(=O)O. The Labute approximate surface area is 152 Å². The Morgan fingerprint density at radius 3 is 2.31 bits per heavy atom. The Morgan fingerprint density at radius 2 is 1.65 bits per heavy atom. The lowest BCUT2D eigenvalue weighted by Gasteiger charge is -2.31. The van der Waals surface area contributed by atoms with Crippen LogP contribution in [0.3, 0.4) is 0 Å². The van der Waals surface area contributed by atoms with Crippen molar-refractivity contribution >= 4 is 17.8 Å². The molecule has 0 bridgehead atoms. The van der Waals surface area contributed by atoms with Crippen LogP contribution in [0.4, 0.5) is 0 Å². The van der Waals surface area contributed by atoms with Crippen molar-refractivity contribution in [2.45, 2.75) is 50.2 Å². The van der Waals surface area contributed by atoms with Gasteiger partial charge in [0.15, 0.2) is 0 Å². The van der Waals surface area contributed by atoms with E-state index in [0.29, 0.717) is 38.8 Å². The zero-order valence-electron chi connectivity index (χ0n) is 14.7. The Kier molecular flexibility index (Phi) is 5.56. The monoisotopic (exact) mass is 359 g/mol. The molecule has 7 heteroatoms. The zero-order valence-corrected chi connectivity index (χ0v) is 14.7. The number of carboxylic acid groups (broad SMARTS) is 1. The Morgan fingerprint density at radius 1 is 1.04 bits per heavy atom. The number of carbonyl (C=O) groups is 3. The molecule has 0 spiro atoms. The van der Waals surface area contributed by atoms with E-state index in [2.05, 4.69) is 0 Å². The minimum atomic E-state index is -0.979. The second-order valence-electron chi connectivity index (χ2n) is 7.01. The number of carbonyl (C=O) groups excluding carboxylic acids is 2. The third kappa shape index (κ3) is 3.72. The molecule has 1 aromatic rings. The molecule has 0 unspecified atom stereocenters. The molecule has 140 valence electrons. The number of hydrogen-bond donors (Lipinski definition) is 2. The molecule has 3 atom stereocenters. The quantitative estimate of drug-likeness (QED) is 0.802. The molecule has 2 fully saturated rings. The molecule has 2 saturated heterocycles. The molecule has 2 aliphatic heterocycles. The van der Waals surface area contributed by atoms with Crippen molar-refractivity contribution in [1.29, 1.82) is 0 Å². The highest BCUT2D eigenvalue weighted by molar-refractivity contribution is 5.92. The molecule has 3 N–H and O–H groups in total. The Balaban J connectivity index is 1.68. The van der Waals surface area contributed by atoms with Crippen molar-refractivity contribution in [3.05, 3.63) is 35.9 Å². The average molecular weight is 359 g/mol. The van der Waals surface area contributed by atoms with Gasteiger partial charge in [0.1, 0.15) is 12.1 Å². The number of likely N-dealkylation sites (tertiary alicyclic amines) is 2. The van der Waals surface area contributed by atoms with Gasteiger partial charge in [-0.3, -0.25) is 9.59 Å². The lowest BCUT2D eigenvalue weighted by molar-refractivity contribution is -0.152. The number of aliphatic carboxylic acids is 1. The lowest BCUT2D eigenvalue weighted by Crippen LogP contribution is -2.54. The van der Waals surface area contributed by atoms with Gasteiger partial charge in [-0.05, 0) is 37.7 Å². The topological polar surface area (TPSA) is 104 Å². The molecule has 7 nitrogen and oxygen atoms in total. The van der Waals surface area contributed by atoms with E-state index in [1.165, 1.54) is 4.90 Å². The van der Waals surface area contributed by atoms with Crippen LogP contribution in [-0.2, 0) is 20.8 Å². The minimum Gasteiger partial charge on any atom is -0.480 e. The molecule has 3 rings (SSSR count). The van der Waals surface area contributed by atoms with Gasteiger partial charge in [0.2, 0.25) is 11.8 Å². The molecular formula is C19H25N3O4. The molecular weight excluding hydrogens is 334 g/mol. The minimum absolute atomic E-state index is 0.240. The Bertz CT molecular complexity index is 679. The molecule has 2 amide bonds. The van der Waals surface area contributed by atoms with Crippen LogP contribution in [0.5, 0.6) is 0 Å². The fraction of sp³-hybridized carbons (Fsp3) is 0.526. The van der Waals surface area contributed by atoms with E-state index in [9.17, 15) is 19.5 Å². The predicted molar refractivity (Wildman–Crippen MR) is 95.2 cm³/mol. The van der Waals surface area contributed by atoms with E-state index in [4.69, 9.17) is 5.73 Å². The van der Waals surface area contributed by atoms with Crippen molar-refractivity contribution in [2.75, 3.05) is 13.1 Å². The van der Waals surface area contributed by atoms with Gasteiger partial charge in [-0.15, -0.1) is 0 Å². The van der Waals surface area contributed by atoms with Gasteiger partial charge < -0.3 is 20.6 Å². The number of amides is 2. The summed E-state index contributed by atoms with van der Waals surface area (Å²) in [6, 6.07) is 7.45. The van der Waals surface area contributed by atoms with Crippen molar-refractivity contribution in [3.63, 3.8) is 0 Å². The molecule has 0 radical (unpaired) electrons. The standard InChI is InChI=1S/C19H25N3O4/c20-14(12-13-6-2-1-3-7-13)17(23)21-10-4-8-15(21)18(24)22-11-5-9-16(22)19(25)26/h1-3,6-7,14-16H,4-5,8-12,20H2,(H,25,26)/t14-,15-,16+/m0/s1. The highest BCUT2D eigenvalue weighted by Crippen LogP contribution is 2.25.